The number of aryl methyl sites for hydroxylation is 1. The van der Waals surface area contributed by atoms with Crippen molar-refractivity contribution in [1.82, 2.24) is 15.6 Å². The molecule has 0 spiro atoms. The van der Waals surface area contributed by atoms with E-state index >= 15 is 0 Å². The van der Waals surface area contributed by atoms with Gasteiger partial charge in [-0.15, -0.1) is 11.3 Å². The topological polar surface area (TPSA) is 58.5 Å². The molecule has 0 amide bonds. The molecule has 1 aromatic heterocycles. The smallest absolute Gasteiger partial charge is 0.191 e. The first kappa shape index (κ1) is 18.9. The second-order valence-electron chi connectivity index (χ2n) is 6.59. The summed E-state index contributed by atoms with van der Waals surface area (Å²) in [7, 11) is 1.81. The Bertz CT molecular complexity index is 701. The molecule has 2 N–H and O–H groups in total. The molecule has 1 saturated heterocycles. The van der Waals surface area contributed by atoms with E-state index in [1.807, 2.05) is 14.0 Å². The average Bonchev–Trinajstić information content (AvgIpc) is 3.10. The molecule has 2 aromatic rings. The van der Waals surface area contributed by atoms with Crippen LogP contribution in [0.15, 0.2) is 40.7 Å². The summed E-state index contributed by atoms with van der Waals surface area (Å²) in [6, 6.07) is 10.5. The second-order valence-corrected chi connectivity index (χ2v) is 7.65. The van der Waals surface area contributed by atoms with Crippen LogP contribution in [0.1, 0.15) is 35.2 Å². The van der Waals surface area contributed by atoms with Gasteiger partial charge in [0.05, 0.1) is 16.8 Å². The Morgan fingerprint density at radius 1 is 1.31 bits per heavy atom. The lowest BCUT2D eigenvalue weighted by Gasteiger charge is -2.32. The van der Waals surface area contributed by atoms with E-state index < -0.39 is 0 Å². The second kappa shape index (κ2) is 9.69. The summed E-state index contributed by atoms with van der Waals surface area (Å²) in [6.45, 7) is 4.56. The van der Waals surface area contributed by atoms with Crippen LogP contribution in [-0.2, 0) is 11.2 Å². The van der Waals surface area contributed by atoms with E-state index in [0.29, 0.717) is 5.92 Å². The van der Waals surface area contributed by atoms with Crippen LogP contribution in [0.25, 0.3) is 0 Å². The molecule has 2 atom stereocenters. The molecule has 1 fully saturated rings. The molecule has 1 aliphatic heterocycles. The van der Waals surface area contributed by atoms with Crippen LogP contribution < -0.4 is 10.6 Å². The predicted octanol–water partition coefficient (Wildman–Crippen LogP) is 3.33. The highest BCUT2D eigenvalue weighted by molar-refractivity contribution is 7.09. The number of rotatable bonds is 6. The predicted molar refractivity (Wildman–Crippen MR) is 108 cm³/mol. The summed E-state index contributed by atoms with van der Waals surface area (Å²) in [6.07, 6.45) is 3.35. The van der Waals surface area contributed by atoms with E-state index in [1.54, 1.807) is 11.3 Å². The molecule has 1 aromatic carbocycles. The molecule has 2 heterocycles. The van der Waals surface area contributed by atoms with E-state index in [0.717, 1.165) is 49.2 Å². The van der Waals surface area contributed by atoms with Crippen molar-refractivity contribution in [2.24, 2.45) is 10.9 Å². The Morgan fingerprint density at radius 3 is 2.88 bits per heavy atom. The molecular formula is C20H28N4OS. The molecule has 1 aliphatic rings. The fraction of sp³-hybridized carbons (Fsp3) is 0.500. The first-order valence-electron chi connectivity index (χ1n) is 9.28. The maximum Gasteiger partial charge on any atom is 0.191 e. The lowest BCUT2D eigenvalue weighted by atomic mass is 9.89. The number of aromatic nitrogens is 1. The molecule has 140 valence electrons. The van der Waals surface area contributed by atoms with Gasteiger partial charge in [-0.1, -0.05) is 30.3 Å². The monoisotopic (exact) mass is 372 g/mol. The van der Waals surface area contributed by atoms with Gasteiger partial charge in [-0.05, 0) is 25.3 Å². The van der Waals surface area contributed by atoms with Gasteiger partial charge in [-0.25, -0.2) is 4.98 Å². The van der Waals surface area contributed by atoms with Gasteiger partial charge in [0, 0.05) is 44.5 Å². The molecule has 6 heteroatoms. The minimum absolute atomic E-state index is 0.161. The summed E-state index contributed by atoms with van der Waals surface area (Å²) in [5.41, 5.74) is 2.40. The van der Waals surface area contributed by atoms with Crippen molar-refractivity contribution in [3.63, 3.8) is 0 Å². The van der Waals surface area contributed by atoms with Crippen LogP contribution in [0.5, 0.6) is 0 Å². The summed E-state index contributed by atoms with van der Waals surface area (Å²) in [5, 5.41) is 10.1. The average molecular weight is 373 g/mol. The number of nitrogens with one attached hydrogen (secondary N) is 2. The molecule has 0 bridgehead atoms. The zero-order valence-corrected chi connectivity index (χ0v) is 16.4. The van der Waals surface area contributed by atoms with Crippen LogP contribution in [0, 0.1) is 12.8 Å². The first-order chi connectivity index (χ1) is 12.8. The Hall–Kier alpha value is -1.92. The molecule has 5 nitrogen and oxygen atoms in total. The quantitative estimate of drug-likeness (QED) is 0.603. The number of nitrogens with zero attached hydrogens (tertiary/aromatic N) is 2. The largest absolute Gasteiger partial charge is 0.373 e. The van der Waals surface area contributed by atoms with Crippen molar-refractivity contribution in [1.29, 1.82) is 0 Å². The van der Waals surface area contributed by atoms with Gasteiger partial charge in [0.15, 0.2) is 5.96 Å². The van der Waals surface area contributed by atoms with E-state index in [9.17, 15) is 0 Å². The minimum Gasteiger partial charge on any atom is -0.373 e. The minimum atomic E-state index is 0.161. The van der Waals surface area contributed by atoms with Crippen LogP contribution in [0.4, 0.5) is 0 Å². The SMILES string of the molecule is CN=C(NCCc1csc(C)n1)NCC1CCCOC1c1ccccc1. The lowest BCUT2D eigenvalue weighted by molar-refractivity contribution is -0.0265. The van der Waals surface area contributed by atoms with Gasteiger partial charge < -0.3 is 15.4 Å². The van der Waals surface area contributed by atoms with Gasteiger partial charge in [0.1, 0.15) is 0 Å². The van der Waals surface area contributed by atoms with Gasteiger partial charge in [0.25, 0.3) is 0 Å². The molecule has 3 rings (SSSR count). The molecule has 0 radical (unpaired) electrons. The van der Waals surface area contributed by atoms with Crippen molar-refractivity contribution in [3.8, 4) is 0 Å². The highest BCUT2D eigenvalue weighted by Crippen LogP contribution is 2.32. The van der Waals surface area contributed by atoms with Gasteiger partial charge in [0.2, 0.25) is 0 Å². The number of thiazole rings is 1. The van der Waals surface area contributed by atoms with Crippen LogP contribution >= 0.6 is 11.3 Å². The Labute approximate surface area is 159 Å². The fourth-order valence-electron chi connectivity index (χ4n) is 3.34. The lowest BCUT2D eigenvalue weighted by Crippen LogP contribution is -2.42. The number of hydrogen-bond donors (Lipinski definition) is 2. The van der Waals surface area contributed by atoms with Crippen molar-refractivity contribution in [3.05, 3.63) is 52.0 Å². The summed E-state index contributed by atoms with van der Waals surface area (Å²) < 4.78 is 6.08. The van der Waals surface area contributed by atoms with Gasteiger partial charge >= 0.3 is 0 Å². The van der Waals surface area contributed by atoms with Crippen LogP contribution in [0.2, 0.25) is 0 Å². The maximum absolute atomic E-state index is 6.08. The van der Waals surface area contributed by atoms with Crippen molar-refractivity contribution in [2.45, 2.75) is 32.3 Å². The molecule has 0 saturated carbocycles. The van der Waals surface area contributed by atoms with Crippen molar-refractivity contribution < 1.29 is 4.74 Å². The highest BCUT2D eigenvalue weighted by Gasteiger charge is 2.27. The van der Waals surface area contributed by atoms with E-state index in [1.165, 1.54) is 12.0 Å². The Kier molecular flexibility index (Phi) is 7.03. The van der Waals surface area contributed by atoms with Crippen molar-refractivity contribution in [2.75, 3.05) is 26.7 Å². The number of benzene rings is 1. The van der Waals surface area contributed by atoms with E-state index in [4.69, 9.17) is 4.74 Å². The molecule has 0 aliphatic carbocycles. The Morgan fingerprint density at radius 2 is 2.15 bits per heavy atom. The normalized spacial score (nSPS) is 20.8. The summed E-state index contributed by atoms with van der Waals surface area (Å²) >= 11 is 1.70. The highest BCUT2D eigenvalue weighted by atomic mass is 32.1. The first-order valence-corrected chi connectivity index (χ1v) is 10.2. The Balaban J connectivity index is 1.48. The van der Waals surface area contributed by atoms with E-state index in [-0.39, 0.29) is 6.10 Å². The van der Waals surface area contributed by atoms with Crippen LogP contribution in [-0.4, -0.2) is 37.7 Å². The maximum atomic E-state index is 6.08. The molecule has 26 heavy (non-hydrogen) atoms. The summed E-state index contributed by atoms with van der Waals surface area (Å²) in [5.74, 6) is 1.29. The molecule has 2 unspecified atom stereocenters. The third kappa shape index (κ3) is 5.29. The van der Waals surface area contributed by atoms with Crippen LogP contribution in [0.3, 0.4) is 0 Å². The zero-order valence-electron chi connectivity index (χ0n) is 15.6. The summed E-state index contributed by atoms with van der Waals surface area (Å²) in [4.78, 5) is 8.84. The zero-order chi connectivity index (χ0) is 18.2. The number of guanidine groups is 1. The number of aliphatic imine (C=N–C) groups is 1. The standard InChI is InChI=1S/C20H28N4OS/c1-15-24-18(14-26-15)10-11-22-20(21-2)23-13-17-9-6-12-25-19(17)16-7-4-3-5-8-16/h3-5,7-8,14,17,19H,6,9-13H2,1-2H3,(H2,21,22,23). The van der Waals surface area contributed by atoms with E-state index in [2.05, 4.69) is 56.3 Å². The van der Waals surface area contributed by atoms with Gasteiger partial charge in [-0.3, -0.25) is 4.99 Å². The fourth-order valence-corrected chi connectivity index (χ4v) is 3.99. The van der Waals surface area contributed by atoms with Gasteiger partial charge in [-0.2, -0.15) is 0 Å². The molecular weight excluding hydrogens is 344 g/mol. The third-order valence-corrected chi connectivity index (χ3v) is 5.49. The third-order valence-electron chi connectivity index (χ3n) is 4.67. The number of ether oxygens (including phenoxy) is 1. The number of hydrogen-bond acceptors (Lipinski definition) is 4. The van der Waals surface area contributed by atoms with Crippen molar-refractivity contribution >= 4 is 17.3 Å².